The Hall–Kier alpha value is -3.23. The zero-order valence-electron chi connectivity index (χ0n) is 15.4. The second-order valence-electron chi connectivity index (χ2n) is 6.63. The molecule has 0 saturated carbocycles. The summed E-state index contributed by atoms with van der Waals surface area (Å²) in [5, 5.41) is 22.5. The maximum absolute atomic E-state index is 11.3. The number of thiocarbonyl (C=S) groups is 1. The predicted octanol–water partition coefficient (Wildman–Crippen LogP) is 3.00. The molecule has 3 aromatic rings. The number of β-amino-alcohol motifs (C(OH)–C–C–N with tert-alkyl or cyclic N) is 1. The van der Waals surface area contributed by atoms with E-state index in [1.807, 2.05) is 35.2 Å². The summed E-state index contributed by atoms with van der Waals surface area (Å²) < 4.78 is 6.12. The molecule has 1 aliphatic rings. The van der Waals surface area contributed by atoms with E-state index in [2.05, 4.69) is 10.3 Å². The van der Waals surface area contributed by atoms with Gasteiger partial charge >= 0.3 is 5.97 Å². The van der Waals surface area contributed by atoms with Crippen LogP contribution >= 0.6 is 12.2 Å². The molecule has 0 radical (unpaired) electrons. The number of carboxylic acid groups (broad SMARTS) is 1. The summed E-state index contributed by atoms with van der Waals surface area (Å²) in [7, 11) is 0. The molecule has 1 saturated heterocycles. The number of aliphatic hydroxyl groups excluding tert-OH is 1. The SMILES string of the molecule is O=C(O)c1cccc(-c2ccc(C3C(c4ccccn4)NC(=S)N3CCO)o2)c1. The molecule has 2 atom stereocenters. The Bertz CT molecular complexity index is 1040. The number of hydrogen-bond donors (Lipinski definition) is 3. The van der Waals surface area contributed by atoms with Crippen molar-refractivity contribution in [1.82, 2.24) is 15.2 Å². The highest BCUT2D eigenvalue weighted by Gasteiger charge is 2.41. The van der Waals surface area contributed by atoms with Crippen LogP contribution in [0.1, 0.15) is 33.9 Å². The Balaban J connectivity index is 1.72. The van der Waals surface area contributed by atoms with E-state index in [4.69, 9.17) is 16.6 Å². The van der Waals surface area contributed by atoms with Crippen LogP contribution in [-0.4, -0.2) is 44.3 Å². The van der Waals surface area contributed by atoms with E-state index in [1.54, 1.807) is 24.4 Å². The standard InChI is InChI=1S/C21H19N3O4S/c25-11-10-24-19(18(23-21(24)29)15-6-1-2-9-22-15)17-8-7-16(28-17)13-4-3-5-14(12-13)20(26)27/h1-9,12,18-19,25H,10-11H2,(H,23,29)(H,26,27). The number of furan rings is 1. The second kappa shape index (κ2) is 8.02. The molecule has 29 heavy (non-hydrogen) atoms. The number of benzene rings is 1. The van der Waals surface area contributed by atoms with Crippen LogP contribution < -0.4 is 5.32 Å². The lowest BCUT2D eigenvalue weighted by molar-refractivity contribution is 0.0697. The number of aliphatic hydroxyl groups is 1. The van der Waals surface area contributed by atoms with Gasteiger partial charge in [-0.15, -0.1) is 0 Å². The average Bonchev–Trinajstić information content (AvgIpc) is 3.34. The van der Waals surface area contributed by atoms with Crippen LogP contribution in [0, 0.1) is 0 Å². The van der Waals surface area contributed by atoms with Crippen LogP contribution in [0.3, 0.4) is 0 Å². The number of nitrogens with zero attached hydrogens (tertiary/aromatic N) is 2. The average molecular weight is 409 g/mol. The van der Waals surface area contributed by atoms with Crippen molar-refractivity contribution >= 4 is 23.3 Å². The largest absolute Gasteiger partial charge is 0.478 e. The third-order valence-corrected chi connectivity index (χ3v) is 5.20. The maximum atomic E-state index is 11.3. The van der Waals surface area contributed by atoms with Gasteiger partial charge in [0.1, 0.15) is 17.6 Å². The molecule has 0 aliphatic carbocycles. The topological polar surface area (TPSA) is 98.8 Å². The van der Waals surface area contributed by atoms with E-state index in [0.29, 0.717) is 28.7 Å². The summed E-state index contributed by atoms with van der Waals surface area (Å²) in [5.74, 6) is 0.218. The van der Waals surface area contributed by atoms with Gasteiger partial charge in [-0.1, -0.05) is 18.2 Å². The summed E-state index contributed by atoms with van der Waals surface area (Å²) in [4.78, 5) is 17.6. The first kappa shape index (κ1) is 19.1. The van der Waals surface area contributed by atoms with Gasteiger partial charge in [-0.05, 0) is 48.6 Å². The van der Waals surface area contributed by atoms with Crippen LogP contribution in [0.2, 0.25) is 0 Å². The number of carboxylic acids is 1. The van der Waals surface area contributed by atoms with Gasteiger partial charge in [0.2, 0.25) is 0 Å². The van der Waals surface area contributed by atoms with Gasteiger partial charge in [0.05, 0.1) is 23.9 Å². The number of hydrogen-bond acceptors (Lipinski definition) is 5. The van der Waals surface area contributed by atoms with Crippen LogP contribution in [0.25, 0.3) is 11.3 Å². The van der Waals surface area contributed by atoms with Crippen molar-refractivity contribution in [2.24, 2.45) is 0 Å². The molecule has 4 rings (SSSR count). The highest BCUT2D eigenvalue weighted by Crippen LogP contribution is 2.40. The number of aromatic nitrogens is 1. The first-order chi connectivity index (χ1) is 14.1. The molecular formula is C21H19N3O4S. The van der Waals surface area contributed by atoms with Crippen molar-refractivity contribution < 1.29 is 19.4 Å². The Morgan fingerprint density at radius 3 is 2.79 bits per heavy atom. The third kappa shape index (κ3) is 3.72. The highest BCUT2D eigenvalue weighted by molar-refractivity contribution is 7.80. The third-order valence-electron chi connectivity index (χ3n) is 4.85. The molecule has 0 bridgehead atoms. The van der Waals surface area contributed by atoms with Crippen molar-refractivity contribution in [1.29, 1.82) is 0 Å². The minimum atomic E-state index is -0.992. The van der Waals surface area contributed by atoms with E-state index in [1.165, 1.54) is 6.07 Å². The van der Waals surface area contributed by atoms with Gasteiger partial charge in [-0.25, -0.2) is 4.79 Å². The van der Waals surface area contributed by atoms with E-state index in [0.717, 1.165) is 5.69 Å². The molecule has 0 spiro atoms. The number of rotatable bonds is 6. The summed E-state index contributed by atoms with van der Waals surface area (Å²) in [5.41, 5.74) is 1.68. The molecule has 7 nitrogen and oxygen atoms in total. The maximum Gasteiger partial charge on any atom is 0.335 e. The van der Waals surface area contributed by atoms with Crippen molar-refractivity contribution in [3.05, 3.63) is 77.8 Å². The van der Waals surface area contributed by atoms with E-state index in [-0.39, 0.29) is 24.3 Å². The Morgan fingerprint density at radius 1 is 1.21 bits per heavy atom. The molecule has 1 aromatic carbocycles. The highest BCUT2D eigenvalue weighted by atomic mass is 32.1. The molecule has 3 heterocycles. The van der Waals surface area contributed by atoms with Crippen LogP contribution in [0.15, 0.2) is 65.2 Å². The normalized spacial score (nSPS) is 18.7. The second-order valence-corrected chi connectivity index (χ2v) is 7.02. The van der Waals surface area contributed by atoms with E-state index >= 15 is 0 Å². The lowest BCUT2D eigenvalue weighted by Crippen LogP contribution is -2.32. The number of aromatic carboxylic acids is 1. The molecule has 2 aromatic heterocycles. The van der Waals surface area contributed by atoms with Crippen LogP contribution in [-0.2, 0) is 0 Å². The summed E-state index contributed by atoms with van der Waals surface area (Å²) in [6.07, 6.45) is 1.72. The minimum absolute atomic E-state index is 0.0541. The van der Waals surface area contributed by atoms with Crippen molar-refractivity contribution in [2.45, 2.75) is 12.1 Å². The van der Waals surface area contributed by atoms with Gasteiger partial charge in [0.15, 0.2) is 5.11 Å². The molecule has 2 unspecified atom stereocenters. The van der Waals surface area contributed by atoms with Gasteiger partial charge in [0.25, 0.3) is 0 Å². The molecule has 148 valence electrons. The lowest BCUT2D eigenvalue weighted by Gasteiger charge is -2.25. The first-order valence-corrected chi connectivity index (χ1v) is 9.51. The van der Waals surface area contributed by atoms with E-state index < -0.39 is 5.97 Å². The number of nitrogens with one attached hydrogen (secondary N) is 1. The number of carbonyl (C=O) groups is 1. The molecule has 1 fully saturated rings. The molecule has 1 aliphatic heterocycles. The van der Waals surface area contributed by atoms with Crippen LogP contribution in [0.5, 0.6) is 0 Å². The molecule has 3 N–H and O–H groups in total. The van der Waals surface area contributed by atoms with Crippen molar-refractivity contribution in [3.8, 4) is 11.3 Å². The zero-order chi connectivity index (χ0) is 20.4. The fourth-order valence-electron chi connectivity index (χ4n) is 3.54. The fraction of sp³-hybridized carbons (Fsp3) is 0.190. The Morgan fingerprint density at radius 2 is 2.07 bits per heavy atom. The Kier molecular flexibility index (Phi) is 5.28. The summed E-state index contributed by atoms with van der Waals surface area (Å²) in [6, 6.07) is 15.4. The Labute approximate surface area is 172 Å². The van der Waals surface area contributed by atoms with Gasteiger partial charge in [-0.3, -0.25) is 4.98 Å². The smallest absolute Gasteiger partial charge is 0.335 e. The van der Waals surface area contributed by atoms with Gasteiger partial charge in [-0.2, -0.15) is 0 Å². The lowest BCUT2D eigenvalue weighted by atomic mass is 10.0. The number of pyridine rings is 1. The van der Waals surface area contributed by atoms with Crippen molar-refractivity contribution in [2.75, 3.05) is 13.2 Å². The predicted molar refractivity (Wildman–Crippen MR) is 110 cm³/mol. The molecule has 8 heteroatoms. The van der Waals surface area contributed by atoms with Crippen molar-refractivity contribution in [3.63, 3.8) is 0 Å². The molecular weight excluding hydrogens is 390 g/mol. The first-order valence-electron chi connectivity index (χ1n) is 9.11. The minimum Gasteiger partial charge on any atom is -0.478 e. The quantitative estimate of drug-likeness (QED) is 0.535. The monoisotopic (exact) mass is 409 g/mol. The molecule has 0 amide bonds. The van der Waals surface area contributed by atoms with Gasteiger partial charge < -0.3 is 24.8 Å². The van der Waals surface area contributed by atoms with Gasteiger partial charge in [0, 0.05) is 18.3 Å². The van der Waals surface area contributed by atoms with E-state index in [9.17, 15) is 15.0 Å². The zero-order valence-corrected chi connectivity index (χ0v) is 16.2. The fourth-order valence-corrected chi connectivity index (χ4v) is 3.87. The summed E-state index contributed by atoms with van der Waals surface area (Å²) >= 11 is 5.48. The summed E-state index contributed by atoms with van der Waals surface area (Å²) in [6.45, 7) is 0.297. The van der Waals surface area contributed by atoms with Crippen LogP contribution in [0.4, 0.5) is 0 Å².